The number of fused-ring (bicyclic) bond motifs is 1. The van der Waals surface area contributed by atoms with Crippen LogP contribution in [0.25, 0.3) is 11.0 Å². The van der Waals surface area contributed by atoms with Gasteiger partial charge >= 0.3 is 0 Å². The zero-order valence-electron chi connectivity index (χ0n) is 15.9. The second-order valence-corrected chi connectivity index (χ2v) is 6.34. The van der Waals surface area contributed by atoms with Gasteiger partial charge in [0.2, 0.25) is 0 Å². The van der Waals surface area contributed by atoms with Gasteiger partial charge < -0.3 is 14.8 Å². The van der Waals surface area contributed by atoms with Gasteiger partial charge in [-0.25, -0.2) is 9.67 Å². The van der Waals surface area contributed by atoms with Crippen molar-refractivity contribution in [1.29, 1.82) is 0 Å². The molecule has 0 aliphatic heterocycles. The average molecular weight is 355 g/mol. The van der Waals surface area contributed by atoms with E-state index < -0.39 is 0 Å². The van der Waals surface area contributed by atoms with E-state index in [-0.39, 0.29) is 6.04 Å². The molecule has 2 heterocycles. The summed E-state index contributed by atoms with van der Waals surface area (Å²) in [5, 5.41) is 12.1. The van der Waals surface area contributed by atoms with Gasteiger partial charge in [0, 0.05) is 18.5 Å². The van der Waals surface area contributed by atoms with Crippen molar-refractivity contribution in [2.45, 2.75) is 33.2 Å². The van der Waals surface area contributed by atoms with Crippen molar-refractivity contribution in [2.75, 3.05) is 26.1 Å². The molecule has 0 aliphatic carbocycles. The minimum absolute atomic E-state index is 0.141. The van der Waals surface area contributed by atoms with Gasteiger partial charge in [-0.15, -0.1) is 5.10 Å². The molecule has 0 aliphatic rings. The molecule has 7 heteroatoms. The summed E-state index contributed by atoms with van der Waals surface area (Å²) in [5.41, 5.74) is 4.64. The first-order valence-corrected chi connectivity index (χ1v) is 8.70. The first kappa shape index (κ1) is 18.1. The highest BCUT2D eigenvalue weighted by Crippen LogP contribution is 2.29. The molecule has 138 valence electrons. The maximum atomic E-state index is 5.33. The third kappa shape index (κ3) is 3.48. The number of methoxy groups -OCH3 is 2. The number of aryl methyl sites for hydroxylation is 2. The number of nitrogens with one attached hydrogen (secondary N) is 1. The summed E-state index contributed by atoms with van der Waals surface area (Å²) in [6.07, 6.45) is 0.911. The molecule has 0 radical (unpaired) electrons. The fraction of sp³-hybridized carbons (Fsp3) is 0.421. The van der Waals surface area contributed by atoms with E-state index in [2.05, 4.69) is 27.5 Å². The Kier molecular flexibility index (Phi) is 5.37. The topological polar surface area (TPSA) is 74.1 Å². The van der Waals surface area contributed by atoms with Crippen molar-refractivity contribution in [2.24, 2.45) is 0 Å². The monoisotopic (exact) mass is 355 g/mol. The smallest absolute Gasteiger partial charge is 0.160 e. The molecule has 0 unspecified atom stereocenters. The maximum Gasteiger partial charge on any atom is 0.160 e. The standard InChI is InChI=1S/C19H25N5O2/c1-6-14(11-25-4)24-17-10-13(3)20-19(18(17)22-23-24)21-16-8-7-15(26-5)9-12(16)2/h7-10,14H,6,11H2,1-5H3,(H,20,21)/t14-/m0/s1. The van der Waals surface area contributed by atoms with E-state index in [1.54, 1.807) is 14.2 Å². The molecule has 0 spiro atoms. The number of pyridine rings is 1. The minimum Gasteiger partial charge on any atom is -0.497 e. The van der Waals surface area contributed by atoms with Crippen LogP contribution in [0, 0.1) is 13.8 Å². The van der Waals surface area contributed by atoms with Crippen molar-refractivity contribution in [3.63, 3.8) is 0 Å². The van der Waals surface area contributed by atoms with Crippen LogP contribution in [0.1, 0.15) is 30.6 Å². The quantitative estimate of drug-likeness (QED) is 0.695. The Hall–Kier alpha value is -2.67. The summed E-state index contributed by atoms with van der Waals surface area (Å²) in [6.45, 7) is 6.71. The van der Waals surface area contributed by atoms with Crippen LogP contribution in [0.3, 0.4) is 0 Å². The first-order valence-electron chi connectivity index (χ1n) is 8.70. The second kappa shape index (κ2) is 7.70. The fourth-order valence-electron chi connectivity index (χ4n) is 3.01. The lowest BCUT2D eigenvalue weighted by atomic mass is 10.2. The van der Waals surface area contributed by atoms with E-state index in [9.17, 15) is 0 Å². The summed E-state index contributed by atoms with van der Waals surface area (Å²) in [4.78, 5) is 4.64. The number of nitrogens with zero attached hydrogens (tertiary/aromatic N) is 4. The zero-order chi connectivity index (χ0) is 18.7. The van der Waals surface area contributed by atoms with Gasteiger partial charge in [-0.05, 0) is 50.1 Å². The Morgan fingerprint density at radius 3 is 2.65 bits per heavy atom. The lowest BCUT2D eigenvalue weighted by molar-refractivity contribution is 0.148. The molecule has 3 aromatic rings. The van der Waals surface area contributed by atoms with Crippen molar-refractivity contribution in [3.05, 3.63) is 35.5 Å². The van der Waals surface area contributed by atoms with Crippen molar-refractivity contribution in [3.8, 4) is 5.75 Å². The maximum absolute atomic E-state index is 5.33. The molecular formula is C19H25N5O2. The third-order valence-electron chi connectivity index (χ3n) is 4.45. The van der Waals surface area contributed by atoms with Gasteiger partial charge in [0.1, 0.15) is 5.75 Å². The molecule has 0 fully saturated rings. The number of rotatable bonds is 7. The molecule has 0 bridgehead atoms. The van der Waals surface area contributed by atoms with Crippen LogP contribution in [0.5, 0.6) is 5.75 Å². The highest BCUT2D eigenvalue weighted by molar-refractivity contribution is 5.88. The lowest BCUT2D eigenvalue weighted by Crippen LogP contribution is -2.15. The van der Waals surface area contributed by atoms with Crippen molar-refractivity contribution in [1.82, 2.24) is 20.0 Å². The number of hydrogen-bond donors (Lipinski definition) is 1. The Morgan fingerprint density at radius 1 is 1.19 bits per heavy atom. The summed E-state index contributed by atoms with van der Waals surface area (Å²) in [6, 6.07) is 8.04. The molecule has 7 nitrogen and oxygen atoms in total. The second-order valence-electron chi connectivity index (χ2n) is 6.34. The predicted octanol–water partition coefficient (Wildman–Crippen LogP) is 3.79. The van der Waals surface area contributed by atoms with Crippen LogP contribution >= 0.6 is 0 Å². The van der Waals surface area contributed by atoms with Gasteiger partial charge in [-0.3, -0.25) is 0 Å². The Morgan fingerprint density at radius 2 is 2.00 bits per heavy atom. The summed E-state index contributed by atoms with van der Waals surface area (Å²) >= 11 is 0. The minimum atomic E-state index is 0.141. The molecule has 2 aromatic heterocycles. The van der Waals surface area contributed by atoms with Gasteiger partial charge in [0.25, 0.3) is 0 Å². The van der Waals surface area contributed by atoms with Gasteiger partial charge in [-0.2, -0.15) is 0 Å². The van der Waals surface area contributed by atoms with Gasteiger partial charge in [0.05, 0.1) is 25.3 Å². The number of aromatic nitrogens is 4. The van der Waals surface area contributed by atoms with E-state index in [1.165, 1.54) is 0 Å². The van der Waals surface area contributed by atoms with E-state index in [1.807, 2.05) is 42.8 Å². The molecule has 1 aromatic carbocycles. The SMILES string of the molecule is CC[C@@H](COC)n1nnc2c(Nc3ccc(OC)cc3C)nc(C)cc21. The van der Waals surface area contributed by atoms with Crippen LogP contribution in [-0.4, -0.2) is 40.8 Å². The van der Waals surface area contributed by atoms with E-state index in [4.69, 9.17) is 9.47 Å². The van der Waals surface area contributed by atoms with Crippen LogP contribution in [0.4, 0.5) is 11.5 Å². The Balaban J connectivity index is 2.03. The summed E-state index contributed by atoms with van der Waals surface area (Å²) < 4.78 is 12.5. The highest BCUT2D eigenvalue weighted by atomic mass is 16.5. The van der Waals surface area contributed by atoms with Crippen LogP contribution in [-0.2, 0) is 4.74 Å². The summed E-state index contributed by atoms with van der Waals surface area (Å²) in [5.74, 6) is 1.53. The van der Waals surface area contributed by atoms with Gasteiger partial charge in [-0.1, -0.05) is 12.1 Å². The number of benzene rings is 1. The van der Waals surface area contributed by atoms with E-state index in [0.717, 1.165) is 40.1 Å². The van der Waals surface area contributed by atoms with Crippen LogP contribution in [0.2, 0.25) is 0 Å². The Labute approximate surface area is 153 Å². The first-order chi connectivity index (χ1) is 12.6. The van der Waals surface area contributed by atoms with Gasteiger partial charge in [0.15, 0.2) is 11.3 Å². The fourth-order valence-corrected chi connectivity index (χ4v) is 3.01. The molecular weight excluding hydrogens is 330 g/mol. The largest absolute Gasteiger partial charge is 0.497 e. The normalized spacial score (nSPS) is 12.3. The molecule has 3 rings (SSSR count). The third-order valence-corrected chi connectivity index (χ3v) is 4.45. The molecule has 26 heavy (non-hydrogen) atoms. The van der Waals surface area contributed by atoms with Crippen molar-refractivity contribution < 1.29 is 9.47 Å². The molecule has 0 saturated heterocycles. The lowest BCUT2D eigenvalue weighted by Gasteiger charge is -2.15. The Bertz CT molecular complexity index is 906. The van der Waals surface area contributed by atoms with E-state index >= 15 is 0 Å². The highest BCUT2D eigenvalue weighted by Gasteiger charge is 2.18. The summed E-state index contributed by atoms with van der Waals surface area (Å²) in [7, 11) is 3.37. The number of ether oxygens (including phenoxy) is 2. The van der Waals surface area contributed by atoms with E-state index in [0.29, 0.717) is 12.4 Å². The molecule has 0 saturated carbocycles. The average Bonchev–Trinajstić information content (AvgIpc) is 3.05. The molecule has 1 atom stereocenters. The van der Waals surface area contributed by atoms with Crippen LogP contribution < -0.4 is 10.1 Å². The number of hydrogen-bond acceptors (Lipinski definition) is 6. The van der Waals surface area contributed by atoms with Crippen LogP contribution in [0.15, 0.2) is 24.3 Å². The van der Waals surface area contributed by atoms with Crippen molar-refractivity contribution >= 4 is 22.5 Å². The zero-order valence-corrected chi connectivity index (χ0v) is 15.9. The predicted molar refractivity (Wildman–Crippen MR) is 102 cm³/mol. The number of anilines is 2. The molecule has 0 amide bonds. The molecule has 1 N–H and O–H groups in total.